The predicted octanol–water partition coefficient (Wildman–Crippen LogP) is 3.14. The standard InChI is InChI=1S/C30H40O10/c1-14-13-17-27(6)12-11-18(33)26(4,5)20(27)19(38-15(2)31)22(39-16(3)32)29(17,8)21-23(34)40-30(9,25(36)37-10)24(35)28(14,21)7/h17,19-22H,1,11-13H2,2-10H3/t17-,19+,20-,21-,22-,27+,28+,29+,30+/m0/s1. The normalized spacial score (nSPS) is 43.9. The number of allylic oxidation sites excluding steroid dienone is 1. The van der Waals surface area contributed by atoms with Crippen molar-refractivity contribution in [1.29, 1.82) is 0 Å². The van der Waals surface area contributed by atoms with Crippen LogP contribution >= 0.6 is 0 Å². The van der Waals surface area contributed by atoms with Crippen molar-refractivity contribution in [3.05, 3.63) is 12.2 Å². The van der Waals surface area contributed by atoms with Crippen molar-refractivity contribution >= 4 is 35.4 Å². The van der Waals surface area contributed by atoms with Gasteiger partial charge < -0.3 is 18.9 Å². The summed E-state index contributed by atoms with van der Waals surface area (Å²) in [5.74, 6) is -6.08. The fraction of sp³-hybridized carbons (Fsp3) is 0.733. The van der Waals surface area contributed by atoms with E-state index in [1.807, 2.05) is 20.8 Å². The molecule has 4 fully saturated rings. The molecule has 40 heavy (non-hydrogen) atoms. The van der Waals surface area contributed by atoms with Crippen molar-refractivity contribution in [1.82, 2.24) is 0 Å². The van der Waals surface area contributed by atoms with Crippen LogP contribution in [0.2, 0.25) is 0 Å². The molecule has 0 aromatic carbocycles. The third kappa shape index (κ3) is 3.59. The topological polar surface area (TPSA) is 139 Å². The van der Waals surface area contributed by atoms with Crippen molar-refractivity contribution in [3.8, 4) is 0 Å². The second-order valence-corrected chi connectivity index (χ2v) is 13.4. The van der Waals surface area contributed by atoms with Crippen LogP contribution in [0.5, 0.6) is 0 Å². The lowest BCUT2D eigenvalue weighted by molar-refractivity contribution is -0.280. The van der Waals surface area contributed by atoms with Crippen molar-refractivity contribution in [2.24, 2.45) is 39.4 Å². The molecule has 0 unspecified atom stereocenters. The van der Waals surface area contributed by atoms with Crippen LogP contribution in [0.25, 0.3) is 0 Å². The Bertz CT molecular complexity index is 1230. The van der Waals surface area contributed by atoms with E-state index in [0.29, 0.717) is 12.0 Å². The summed E-state index contributed by atoms with van der Waals surface area (Å²) in [7, 11) is 1.10. The Morgan fingerprint density at radius 2 is 1.52 bits per heavy atom. The number of rotatable bonds is 3. The minimum Gasteiger partial charge on any atom is -0.466 e. The van der Waals surface area contributed by atoms with E-state index in [9.17, 15) is 28.8 Å². The van der Waals surface area contributed by atoms with Gasteiger partial charge >= 0.3 is 23.9 Å². The van der Waals surface area contributed by atoms with E-state index < -0.39 is 86.9 Å². The lowest BCUT2D eigenvalue weighted by atomic mass is 9.34. The number of cyclic esters (lactones) is 1. The molecule has 1 aliphatic heterocycles. The van der Waals surface area contributed by atoms with Crippen LogP contribution < -0.4 is 0 Å². The molecule has 0 aromatic heterocycles. The molecule has 3 saturated carbocycles. The summed E-state index contributed by atoms with van der Waals surface area (Å²) in [5, 5.41) is 0. The number of hydrogen-bond donors (Lipinski definition) is 0. The fourth-order valence-corrected chi connectivity index (χ4v) is 9.18. The number of carbonyl (C=O) groups is 6. The van der Waals surface area contributed by atoms with Crippen LogP contribution in [-0.2, 0) is 47.7 Å². The molecule has 1 saturated heterocycles. The van der Waals surface area contributed by atoms with Gasteiger partial charge in [-0.3, -0.25) is 24.0 Å². The van der Waals surface area contributed by atoms with E-state index in [-0.39, 0.29) is 18.6 Å². The average Bonchev–Trinajstić information content (AvgIpc) is 2.83. The lowest BCUT2D eigenvalue weighted by Gasteiger charge is -2.70. The second kappa shape index (κ2) is 8.98. The number of hydrogen-bond acceptors (Lipinski definition) is 10. The summed E-state index contributed by atoms with van der Waals surface area (Å²) in [4.78, 5) is 79.5. The van der Waals surface area contributed by atoms with Gasteiger partial charge in [0.2, 0.25) is 0 Å². The molecule has 4 aliphatic rings. The molecule has 9 atom stereocenters. The molecular weight excluding hydrogens is 520 g/mol. The Morgan fingerprint density at radius 1 is 0.950 bits per heavy atom. The van der Waals surface area contributed by atoms with Crippen molar-refractivity contribution in [2.75, 3.05) is 7.11 Å². The maximum absolute atomic E-state index is 14.2. The molecule has 4 rings (SSSR count). The minimum atomic E-state index is -2.20. The van der Waals surface area contributed by atoms with E-state index in [1.54, 1.807) is 13.8 Å². The molecule has 0 bridgehead atoms. The molecule has 0 aromatic rings. The largest absolute Gasteiger partial charge is 0.466 e. The Hall–Kier alpha value is -3.04. The zero-order valence-corrected chi connectivity index (χ0v) is 24.8. The van der Waals surface area contributed by atoms with Gasteiger partial charge in [0.05, 0.1) is 18.4 Å². The highest BCUT2D eigenvalue weighted by Gasteiger charge is 2.79. The van der Waals surface area contributed by atoms with Gasteiger partial charge in [0, 0.05) is 37.0 Å². The summed E-state index contributed by atoms with van der Waals surface area (Å²) in [6.45, 7) is 16.9. The third-order valence-electron chi connectivity index (χ3n) is 10.9. The SMILES string of the molecule is C=C1C[C@H]2[C@@]3(C)CCC(=O)C(C)(C)[C@@H]3[C@@H](OC(C)=O)[C@H](OC(C)=O)[C@@]2(C)[C@H]2C(=O)O[C@@](C)(C(=O)OC)C(=O)[C@]12C. The molecule has 10 nitrogen and oxygen atoms in total. The molecule has 0 amide bonds. The number of methoxy groups -OCH3 is 1. The molecule has 0 N–H and O–H groups in total. The highest BCUT2D eigenvalue weighted by molar-refractivity contribution is 6.15. The molecule has 10 heteroatoms. The van der Waals surface area contributed by atoms with Gasteiger partial charge in [-0.05, 0) is 38.0 Å². The first-order chi connectivity index (χ1) is 18.2. The number of carbonyl (C=O) groups excluding carboxylic acids is 6. The van der Waals surface area contributed by atoms with E-state index >= 15 is 0 Å². The number of ketones is 2. The first kappa shape index (κ1) is 29.9. The van der Waals surface area contributed by atoms with E-state index in [1.165, 1.54) is 20.8 Å². The quantitative estimate of drug-likeness (QED) is 0.219. The first-order valence-electron chi connectivity index (χ1n) is 13.7. The predicted molar refractivity (Wildman–Crippen MR) is 139 cm³/mol. The molecule has 0 spiro atoms. The summed E-state index contributed by atoms with van der Waals surface area (Å²) >= 11 is 0. The first-order valence-corrected chi connectivity index (χ1v) is 13.7. The van der Waals surface area contributed by atoms with E-state index in [0.717, 1.165) is 7.11 Å². The molecule has 220 valence electrons. The van der Waals surface area contributed by atoms with E-state index in [2.05, 4.69) is 6.58 Å². The van der Waals surface area contributed by atoms with Gasteiger partial charge in [0.25, 0.3) is 5.60 Å². The molecular formula is C30H40O10. The molecule has 3 aliphatic carbocycles. The number of ether oxygens (including phenoxy) is 4. The van der Waals surface area contributed by atoms with Crippen LogP contribution in [0.15, 0.2) is 12.2 Å². The van der Waals surface area contributed by atoms with Crippen LogP contribution in [0.3, 0.4) is 0 Å². The fourth-order valence-electron chi connectivity index (χ4n) is 9.18. The molecule has 1 heterocycles. The lowest BCUT2D eigenvalue weighted by Crippen LogP contribution is -2.77. The van der Waals surface area contributed by atoms with Crippen LogP contribution in [0.4, 0.5) is 0 Å². The Labute approximate surface area is 234 Å². The van der Waals surface area contributed by atoms with Gasteiger partial charge in [-0.2, -0.15) is 0 Å². The monoisotopic (exact) mass is 560 g/mol. The van der Waals surface area contributed by atoms with Gasteiger partial charge in [0.1, 0.15) is 18.0 Å². The Morgan fingerprint density at radius 3 is 2.05 bits per heavy atom. The van der Waals surface area contributed by atoms with Gasteiger partial charge in [-0.1, -0.05) is 39.8 Å². The van der Waals surface area contributed by atoms with Gasteiger partial charge in [-0.15, -0.1) is 0 Å². The second-order valence-electron chi connectivity index (χ2n) is 13.4. The zero-order chi connectivity index (χ0) is 30.4. The smallest absolute Gasteiger partial charge is 0.358 e. The van der Waals surface area contributed by atoms with Gasteiger partial charge in [-0.25, -0.2) is 4.79 Å². The summed E-state index contributed by atoms with van der Waals surface area (Å²) < 4.78 is 22.4. The number of Topliss-reactive ketones (excluding diaryl/α,β-unsaturated/α-hetero) is 2. The van der Waals surface area contributed by atoms with Crippen LogP contribution in [0, 0.1) is 39.4 Å². The Kier molecular flexibility index (Phi) is 6.72. The van der Waals surface area contributed by atoms with Crippen molar-refractivity contribution < 1.29 is 47.7 Å². The van der Waals surface area contributed by atoms with Gasteiger partial charge in [0.15, 0.2) is 5.78 Å². The minimum absolute atomic E-state index is 0.00196. The van der Waals surface area contributed by atoms with Crippen LogP contribution in [-0.4, -0.2) is 60.4 Å². The van der Waals surface area contributed by atoms with Crippen LogP contribution in [0.1, 0.15) is 74.7 Å². The highest BCUT2D eigenvalue weighted by Crippen LogP contribution is 2.73. The maximum Gasteiger partial charge on any atom is 0.358 e. The summed E-state index contributed by atoms with van der Waals surface area (Å²) in [5.41, 5.74) is -6.31. The maximum atomic E-state index is 14.2. The highest BCUT2D eigenvalue weighted by atomic mass is 16.6. The summed E-state index contributed by atoms with van der Waals surface area (Å²) in [6.07, 6.45) is -1.34. The van der Waals surface area contributed by atoms with Crippen molar-refractivity contribution in [2.45, 2.75) is 92.5 Å². The third-order valence-corrected chi connectivity index (χ3v) is 10.9. The number of esters is 4. The number of fused-ring (bicyclic) bond motifs is 5. The van der Waals surface area contributed by atoms with E-state index in [4.69, 9.17) is 18.9 Å². The molecule has 0 radical (unpaired) electrons. The van der Waals surface area contributed by atoms with Crippen molar-refractivity contribution in [3.63, 3.8) is 0 Å². The Balaban J connectivity index is 2.04. The zero-order valence-electron chi connectivity index (χ0n) is 24.8. The average molecular weight is 561 g/mol. The summed E-state index contributed by atoms with van der Waals surface area (Å²) in [6, 6.07) is 0.